The molecule has 0 spiro atoms. The van der Waals surface area contributed by atoms with E-state index >= 15 is 0 Å². The summed E-state index contributed by atoms with van der Waals surface area (Å²) in [6.45, 7) is 4.34. The van der Waals surface area contributed by atoms with Gasteiger partial charge in [0.05, 0.1) is 22.4 Å². The van der Waals surface area contributed by atoms with Crippen LogP contribution >= 0.6 is 0 Å². The van der Waals surface area contributed by atoms with Gasteiger partial charge in [0.2, 0.25) is 0 Å². The van der Waals surface area contributed by atoms with E-state index < -0.39 is 5.60 Å². The molecule has 2 aromatic rings. The topological polar surface area (TPSA) is 68.9 Å². The van der Waals surface area contributed by atoms with Crippen molar-refractivity contribution >= 4 is 16.6 Å². The molecule has 0 atom stereocenters. The minimum Gasteiger partial charge on any atom is -0.388 e. The molecule has 2 N–H and O–H groups in total. The molecule has 0 saturated carbocycles. The zero-order chi connectivity index (χ0) is 14.6. The SMILES string of the molecule is CCC(O)(CC)CNc1c(C#N)cnc2ccccc12. The van der Waals surface area contributed by atoms with Gasteiger partial charge in [0, 0.05) is 18.1 Å². The molecule has 1 aromatic heterocycles. The van der Waals surface area contributed by atoms with Crippen molar-refractivity contribution in [3.05, 3.63) is 36.0 Å². The average molecular weight is 269 g/mol. The van der Waals surface area contributed by atoms with Crippen LogP contribution in [0.3, 0.4) is 0 Å². The number of nitrogens with zero attached hydrogens (tertiary/aromatic N) is 2. The van der Waals surface area contributed by atoms with Crippen LogP contribution in [-0.2, 0) is 0 Å². The lowest BCUT2D eigenvalue weighted by Gasteiger charge is -2.26. The van der Waals surface area contributed by atoms with E-state index in [0.717, 1.165) is 16.6 Å². The molecule has 104 valence electrons. The Balaban J connectivity index is 2.40. The Hall–Kier alpha value is -2.12. The van der Waals surface area contributed by atoms with E-state index in [1.165, 1.54) is 0 Å². The molecule has 0 bridgehead atoms. The first kappa shape index (κ1) is 14.3. The fraction of sp³-hybridized carbons (Fsp3) is 0.375. The van der Waals surface area contributed by atoms with Crippen molar-refractivity contribution in [3.8, 4) is 6.07 Å². The standard InChI is InChI=1S/C16H19N3O/c1-3-16(20,4-2)11-19-15-12(9-17)10-18-14-8-6-5-7-13(14)15/h5-8,10,20H,3-4,11H2,1-2H3,(H,18,19). The molecule has 1 aromatic carbocycles. The number of aliphatic hydroxyl groups is 1. The summed E-state index contributed by atoms with van der Waals surface area (Å²) in [7, 11) is 0. The van der Waals surface area contributed by atoms with Gasteiger partial charge in [-0.05, 0) is 18.9 Å². The Kier molecular flexibility index (Phi) is 4.21. The van der Waals surface area contributed by atoms with Gasteiger partial charge >= 0.3 is 0 Å². The fourth-order valence-electron chi connectivity index (χ4n) is 2.17. The van der Waals surface area contributed by atoms with Crippen molar-refractivity contribution in [2.45, 2.75) is 32.3 Å². The molecule has 0 aliphatic carbocycles. The van der Waals surface area contributed by atoms with Gasteiger partial charge in [0.15, 0.2) is 0 Å². The highest BCUT2D eigenvalue weighted by Gasteiger charge is 2.22. The number of hydrogen-bond acceptors (Lipinski definition) is 4. The summed E-state index contributed by atoms with van der Waals surface area (Å²) in [5, 5.41) is 23.7. The van der Waals surface area contributed by atoms with Gasteiger partial charge in [0.25, 0.3) is 0 Å². The van der Waals surface area contributed by atoms with E-state index in [0.29, 0.717) is 24.9 Å². The molecule has 2 rings (SSSR count). The summed E-state index contributed by atoms with van der Waals surface area (Å²) in [4.78, 5) is 4.27. The lowest BCUT2D eigenvalue weighted by molar-refractivity contribution is 0.0457. The normalized spacial score (nSPS) is 11.3. The van der Waals surface area contributed by atoms with Crippen molar-refractivity contribution < 1.29 is 5.11 Å². The minimum absolute atomic E-state index is 0.419. The van der Waals surface area contributed by atoms with Crippen LogP contribution in [0.25, 0.3) is 10.9 Å². The molecule has 4 heteroatoms. The first-order valence-electron chi connectivity index (χ1n) is 6.87. The number of aromatic nitrogens is 1. The predicted molar refractivity (Wildman–Crippen MR) is 80.5 cm³/mol. The molecule has 0 aliphatic heterocycles. The van der Waals surface area contributed by atoms with Gasteiger partial charge in [-0.15, -0.1) is 0 Å². The Labute approximate surface area is 119 Å². The van der Waals surface area contributed by atoms with Crippen molar-refractivity contribution in [2.75, 3.05) is 11.9 Å². The van der Waals surface area contributed by atoms with E-state index in [4.69, 9.17) is 0 Å². The highest BCUT2D eigenvalue weighted by molar-refractivity contribution is 5.93. The number of nitriles is 1. The van der Waals surface area contributed by atoms with Crippen LogP contribution in [-0.4, -0.2) is 22.2 Å². The van der Waals surface area contributed by atoms with E-state index in [1.54, 1.807) is 6.20 Å². The second-order valence-electron chi connectivity index (χ2n) is 4.96. The zero-order valence-corrected chi connectivity index (χ0v) is 11.8. The van der Waals surface area contributed by atoms with Crippen molar-refractivity contribution in [2.24, 2.45) is 0 Å². The van der Waals surface area contributed by atoms with Gasteiger partial charge in [-0.25, -0.2) is 0 Å². The molecular formula is C16H19N3O. The molecule has 0 radical (unpaired) electrons. The van der Waals surface area contributed by atoms with Gasteiger partial charge in [-0.3, -0.25) is 4.98 Å². The van der Waals surface area contributed by atoms with Crippen LogP contribution in [0.1, 0.15) is 32.3 Å². The second-order valence-corrected chi connectivity index (χ2v) is 4.96. The third-order valence-corrected chi connectivity index (χ3v) is 3.81. The molecule has 4 nitrogen and oxygen atoms in total. The molecule has 0 amide bonds. The maximum absolute atomic E-state index is 10.4. The molecule has 20 heavy (non-hydrogen) atoms. The van der Waals surface area contributed by atoms with Crippen LogP contribution in [0.2, 0.25) is 0 Å². The number of nitrogens with one attached hydrogen (secondary N) is 1. The summed E-state index contributed by atoms with van der Waals surface area (Å²) >= 11 is 0. The summed E-state index contributed by atoms with van der Waals surface area (Å²) in [5.74, 6) is 0. The van der Waals surface area contributed by atoms with Crippen molar-refractivity contribution in [3.63, 3.8) is 0 Å². The first-order valence-corrected chi connectivity index (χ1v) is 6.87. The largest absolute Gasteiger partial charge is 0.388 e. The first-order chi connectivity index (χ1) is 9.63. The maximum Gasteiger partial charge on any atom is 0.103 e. The van der Waals surface area contributed by atoms with E-state index in [9.17, 15) is 10.4 Å². The Morgan fingerprint density at radius 2 is 2.00 bits per heavy atom. The van der Waals surface area contributed by atoms with Crippen LogP contribution < -0.4 is 5.32 Å². The number of para-hydroxylation sites is 1. The van der Waals surface area contributed by atoms with Crippen LogP contribution in [0.4, 0.5) is 5.69 Å². The molecule has 0 aliphatic rings. The number of anilines is 1. The highest BCUT2D eigenvalue weighted by atomic mass is 16.3. The highest BCUT2D eigenvalue weighted by Crippen LogP contribution is 2.26. The van der Waals surface area contributed by atoms with Gasteiger partial charge in [-0.1, -0.05) is 32.0 Å². The summed E-state index contributed by atoms with van der Waals surface area (Å²) in [5.41, 5.74) is 1.33. The maximum atomic E-state index is 10.4. The molecular weight excluding hydrogens is 250 g/mol. The fourth-order valence-corrected chi connectivity index (χ4v) is 2.17. The molecule has 0 saturated heterocycles. The Morgan fingerprint density at radius 1 is 1.30 bits per heavy atom. The quantitative estimate of drug-likeness (QED) is 0.875. The lowest BCUT2D eigenvalue weighted by Crippen LogP contribution is -2.35. The number of fused-ring (bicyclic) bond motifs is 1. The van der Waals surface area contributed by atoms with Gasteiger partial charge < -0.3 is 10.4 Å². The van der Waals surface area contributed by atoms with Crippen molar-refractivity contribution in [1.29, 1.82) is 5.26 Å². The average Bonchev–Trinajstić information content (AvgIpc) is 2.52. The summed E-state index contributed by atoms with van der Waals surface area (Å²) < 4.78 is 0. The van der Waals surface area contributed by atoms with Crippen LogP contribution in [0.5, 0.6) is 0 Å². The third kappa shape index (κ3) is 2.73. The molecule has 0 unspecified atom stereocenters. The molecule has 0 fully saturated rings. The summed E-state index contributed by atoms with van der Waals surface area (Å²) in [6, 6.07) is 9.83. The number of benzene rings is 1. The minimum atomic E-state index is -0.753. The van der Waals surface area contributed by atoms with Crippen LogP contribution in [0, 0.1) is 11.3 Å². The predicted octanol–water partition coefficient (Wildman–Crippen LogP) is 3.07. The number of hydrogen-bond donors (Lipinski definition) is 2. The Bertz CT molecular complexity index is 642. The van der Waals surface area contributed by atoms with E-state index in [1.807, 2.05) is 38.1 Å². The lowest BCUT2D eigenvalue weighted by atomic mass is 9.97. The van der Waals surface area contributed by atoms with E-state index in [-0.39, 0.29) is 0 Å². The van der Waals surface area contributed by atoms with Crippen molar-refractivity contribution in [1.82, 2.24) is 4.98 Å². The van der Waals surface area contributed by atoms with Crippen LogP contribution in [0.15, 0.2) is 30.5 Å². The monoisotopic (exact) mass is 269 g/mol. The summed E-state index contributed by atoms with van der Waals surface area (Å²) in [6.07, 6.45) is 2.91. The smallest absolute Gasteiger partial charge is 0.103 e. The number of rotatable bonds is 5. The Morgan fingerprint density at radius 3 is 2.65 bits per heavy atom. The second kappa shape index (κ2) is 5.89. The molecule has 1 heterocycles. The van der Waals surface area contributed by atoms with E-state index in [2.05, 4.69) is 16.4 Å². The zero-order valence-electron chi connectivity index (χ0n) is 11.8. The van der Waals surface area contributed by atoms with Gasteiger partial charge in [0.1, 0.15) is 6.07 Å². The van der Waals surface area contributed by atoms with Gasteiger partial charge in [-0.2, -0.15) is 5.26 Å². The number of pyridine rings is 1. The third-order valence-electron chi connectivity index (χ3n) is 3.81.